The molecule has 1 aromatic heterocycles. The second-order valence-corrected chi connectivity index (χ2v) is 10.2. The van der Waals surface area contributed by atoms with Gasteiger partial charge in [-0.25, -0.2) is 0 Å². The van der Waals surface area contributed by atoms with Crippen LogP contribution in [-0.4, -0.2) is 42.6 Å². The molecule has 8 heteroatoms. The number of nitrogens with one attached hydrogen (secondary N) is 3. The Morgan fingerprint density at radius 2 is 1.77 bits per heavy atom. The minimum Gasteiger partial charge on any atom is -0.381 e. The van der Waals surface area contributed by atoms with Crippen LogP contribution in [0.1, 0.15) is 52.5 Å². The fourth-order valence-electron chi connectivity index (χ4n) is 5.33. The second-order valence-electron chi connectivity index (χ2n) is 10.2. The first-order valence-electron chi connectivity index (χ1n) is 13.7. The molecular weight excluding hydrogens is 504 g/mol. The zero-order valence-corrected chi connectivity index (χ0v) is 23.7. The third-order valence-electron chi connectivity index (χ3n) is 7.50. The molecule has 0 spiro atoms. The molecule has 3 aromatic rings. The van der Waals surface area contributed by atoms with Crippen LogP contribution in [0.4, 0.5) is 11.4 Å². The van der Waals surface area contributed by atoms with E-state index >= 15 is 0 Å². The van der Waals surface area contributed by atoms with Crippen molar-refractivity contribution in [3.05, 3.63) is 93.4 Å². The van der Waals surface area contributed by atoms with E-state index in [1.54, 1.807) is 0 Å². The molecule has 4 rings (SSSR count). The lowest BCUT2D eigenvalue weighted by atomic mass is 9.95. The molecule has 0 saturated carbocycles. The summed E-state index contributed by atoms with van der Waals surface area (Å²) in [7, 11) is 0. The van der Waals surface area contributed by atoms with Gasteiger partial charge in [0.15, 0.2) is 0 Å². The zero-order valence-electron chi connectivity index (χ0n) is 23.7. The summed E-state index contributed by atoms with van der Waals surface area (Å²) in [6.45, 7) is 13.7. The van der Waals surface area contributed by atoms with Gasteiger partial charge >= 0.3 is 0 Å². The Morgan fingerprint density at radius 1 is 1.07 bits per heavy atom. The number of pyridine rings is 1. The third-order valence-corrected chi connectivity index (χ3v) is 7.50. The summed E-state index contributed by atoms with van der Waals surface area (Å²) in [5.41, 5.74) is 6.90. The van der Waals surface area contributed by atoms with Crippen molar-refractivity contribution in [1.82, 2.24) is 10.3 Å². The third kappa shape index (κ3) is 6.51. The van der Waals surface area contributed by atoms with Crippen LogP contribution in [0.2, 0.25) is 0 Å². The average Bonchev–Trinajstić information content (AvgIpc) is 2.94. The van der Waals surface area contributed by atoms with Crippen molar-refractivity contribution in [2.24, 2.45) is 0 Å². The normalized spacial score (nSPS) is 13.5. The average molecular weight is 543 g/mol. The maximum atomic E-state index is 13.6. The summed E-state index contributed by atoms with van der Waals surface area (Å²) in [6.07, 6.45) is 3.07. The lowest BCUT2D eigenvalue weighted by molar-refractivity contribution is -0.111. The van der Waals surface area contributed by atoms with Crippen LogP contribution in [0.5, 0.6) is 0 Å². The molecule has 2 heterocycles. The molecule has 210 valence electrons. The van der Waals surface area contributed by atoms with Gasteiger partial charge in [0.1, 0.15) is 0 Å². The van der Waals surface area contributed by atoms with Crippen molar-refractivity contribution in [2.75, 3.05) is 30.0 Å². The summed E-state index contributed by atoms with van der Waals surface area (Å²) in [5.74, 6) is -0.514. The standard InChI is InChI=1S/C32H38N4O4/c1-6-30(37)35-25-10-8-23(9-11-25)24-17-27(31(38)33-19-28-20(3)16-21(4)34-32(28)39)22(5)29(18-24)36(7-2)26-12-14-40-15-13-26/h6,8-11,16-18,26H,1,7,12-15,19H2,2-5H3,(H,33,38)(H,34,39)(H,35,37). The number of anilines is 2. The molecule has 0 unspecified atom stereocenters. The molecule has 0 aliphatic carbocycles. The topological polar surface area (TPSA) is 104 Å². The molecular formula is C32H38N4O4. The molecule has 40 heavy (non-hydrogen) atoms. The van der Waals surface area contributed by atoms with Crippen molar-refractivity contribution in [3.8, 4) is 11.1 Å². The second kappa shape index (κ2) is 12.8. The number of amides is 2. The fraction of sp³-hybridized carbons (Fsp3) is 0.344. The van der Waals surface area contributed by atoms with E-state index in [4.69, 9.17) is 4.74 Å². The Balaban J connectivity index is 1.72. The highest BCUT2D eigenvalue weighted by molar-refractivity contribution is 6.00. The predicted molar refractivity (Wildman–Crippen MR) is 160 cm³/mol. The number of aromatic nitrogens is 1. The number of hydrogen-bond acceptors (Lipinski definition) is 5. The predicted octanol–water partition coefficient (Wildman–Crippen LogP) is 5.03. The molecule has 1 aliphatic rings. The van der Waals surface area contributed by atoms with Crippen LogP contribution in [0.3, 0.4) is 0 Å². The summed E-state index contributed by atoms with van der Waals surface area (Å²) in [4.78, 5) is 43.1. The monoisotopic (exact) mass is 542 g/mol. The minimum atomic E-state index is -0.276. The lowest BCUT2D eigenvalue weighted by Crippen LogP contribution is -2.40. The summed E-state index contributed by atoms with van der Waals surface area (Å²) in [5, 5.41) is 5.75. The maximum absolute atomic E-state index is 13.6. The van der Waals surface area contributed by atoms with Gasteiger partial charge in [-0.15, -0.1) is 0 Å². The van der Waals surface area contributed by atoms with E-state index in [-0.39, 0.29) is 23.9 Å². The number of benzene rings is 2. The number of ether oxygens (including phenoxy) is 1. The zero-order chi connectivity index (χ0) is 28.8. The summed E-state index contributed by atoms with van der Waals surface area (Å²) in [6, 6.07) is 13.8. The van der Waals surface area contributed by atoms with Gasteiger partial charge in [-0.3, -0.25) is 14.4 Å². The number of nitrogens with zero attached hydrogens (tertiary/aromatic N) is 1. The molecule has 0 radical (unpaired) electrons. The lowest BCUT2D eigenvalue weighted by Gasteiger charge is -2.37. The summed E-state index contributed by atoms with van der Waals surface area (Å²) < 4.78 is 5.61. The Morgan fingerprint density at radius 3 is 2.40 bits per heavy atom. The van der Waals surface area contributed by atoms with E-state index in [1.165, 1.54) is 6.08 Å². The van der Waals surface area contributed by atoms with E-state index in [0.29, 0.717) is 22.9 Å². The smallest absolute Gasteiger partial charge is 0.253 e. The Hall–Kier alpha value is -4.17. The quantitative estimate of drug-likeness (QED) is 0.329. The molecule has 2 aromatic carbocycles. The van der Waals surface area contributed by atoms with Crippen LogP contribution in [0.15, 0.2) is 59.9 Å². The number of aryl methyl sites for hydroxylation is 2. The first-order valence-corrected chi connectivity index (χ1v) is 13.7. The number of carbonyl (C=O) groups is 2. The van der Waals surface area contributed by atoms with Crippen molar-refractivity contribution in [2.45, 2.75) is 53.1 Å². The fourth-order valence-corrected chi connectivity index (χ4v) is 5.33. The first-order chi connectivity index (χ1) is 19.2. The van der Waals surface area contributed by atoms with Gasteiger partial charge in [-0.05, 0) is 99.2 Å². The van der Waals surface area contributed by atoms with Gasteiger partial charge in [0, 0.05) is 60.5 Å². The van der Waals surface area contributed by atoms with Gasteiger partial charge in [0.2, 0.25) is 5.91 Å². The number of hydrogen-bond donors (Lipinski definition) is 3. The van der Waals surface area contributed by atoms with E-state index in [1.807, 2.05) is 57.2 Å². The van der Waals surface area contributed by atoms with Gasteiger partial charge in [-0.2, -0.15) is 0 Å². The van der Waals surface area contributed by atoms with Gasteiger partial charge in [-0.1, -0.05) is 18.7 Å². The molecule has 8 nitrogen and oxygen atoms in total. The largest absolute Gasteiger partial charge is 0.381 e. The first kappa shape index (κ1) is 28.8. The van der Waals surface area contributed by atoms with Gasteiger partial charge in [0.05, 0.1) is 0 Å². The van der Waals surface area contributed by atoms with E-state index in [0.717, 1.165) is 66.2 Å². The molecule has 3 N–H and O–H groups in total. The maximum Gasteiger partial charge on any atom is 0.253 e. The number of rotatable bonds is 9. The Kier molecular flexibility index (Phi) is 9.22. The highest BCUT2D eigenvalue weighted by atomic mass is 16.5. The number of aromatic amines is 1. The number of H-pyrrole nitrogens is 1. The van der Waals surface area contributed by atoms with Crippen molar-refractivity contribution >= 4 is 23.2 Å². The molecule has 1 saturated heterocycles. The van der Waals surface area contributed by atoms with Crippen LogP contribution < -0.4 is 21.1 Å². The molecule has 0 bridgehead atoms. The summed E-state index contributed by atoms with van der Waals surface area (Å²) >= 11 is 0. The molecule has 1 fully saturated rings. The van der Waals surface area contributed by atoms with E-state index in [2.05, 4.69) is 40.1 Å². The van der Waals surface area contributed by atoms with Gasteiger partial charge in [0.25, 0.3) is 11.5 Å². The van der Waals surface area contributed by atoms with Crippen molar-refractivity contribution < 1.29 is 14.3 Å². The SMILES string of the molecule is C=CC(=O)Nc1ccc(-c2cc(C(=O)NCc3c(C)cc(C)[nH]c3=O)c(C)c(N(CC)C3CCOCC3)c2)cc1. The minimum absolute atomic E-state index is 0.133. The molecule has 0 atom stereocenters. The highest BCUT2D eigenvalue weighted by Gasteiger charge is 2.25. The van der Waals surface area contributed by atoms with Crippen LogP contribution >= 0.6 is 0 Å². The van der Waals surface area contributed by atoms with Crippen molar-refractivity contribution in [1.29, 1.82) is 0 Å². The van der Waals surface area contributed by atoms with Crippen molar-refractivity contribution in [3.63, 3.8) is 0 Å². The highest BCUT2D eigenvalue weighted by Crippen LogP contribution is 2.34. The molecule has 1 aliphatic heterocycles. The van der Waals surface area contributed by atoms with Crippen LogP contribution in [-0.2, 0) is 16.1 Å². The van der Waals surface area contributed by atoms with Crippen LogP contribution in [0.25, 0.3) is 11.1 Å². The Bertz CT molecular complexity index is 1450. The van der Waals surface area contributed by atoms with Gasteiger partial charge < -0.3 is 25.3 Å². The molecule has 2 amide bonds. The Labute approximate surface area is 235 Å². The number of carbonyl (C=O) groups excluding carboxylic acids is 2. The van der Waals surface area contributed by atoms with E-state index in [9.17, 15) is 14.4 Å². The van der Waals surface area contributed by atoms with Crippen LogP contribution in [0, 0.1) is 20.8 Å². The van der Waals surface area contributed by atoms with E-state index < -0.39 is 0 Å².